The zero-order chi connectivity index (χ0) is 17.8. The van der Waals surface area contributed by atoms with Crippen LogP contribution in [-0.4, -0.2) is 27.2 Å². The molecule has 1 aliphatic carbocycles. The lowest BCUT2D eigenvalue weighted by molar-refractivity contribution is 0.103. The Hall–Kier alpha value is -2.21. The maximum Gasteiger partial charge on any atom is 0.265 e. The van der Waals surface area contributed by atoms with Gasteiger partial charge in [0.05, 0.1) is 26.2 Å². The summed E-state index contributed by atoms with van der Waals surface area (Å²) in [5, 5.41) is 2.94. The maximum absolute atomic E-state index is 12.7. The number of rotatable bonds is 5. The normalized spacial score (nSPS) is 13.6. The lowest BCUT2D eigenvalue weighted by Crippen LogP contribution is -2.10. The highest BCUT2D eigenvalue weighted by Crippen LogP contribution is 2.40. The van der Waals surface area contributed by atoms with Crippen LogP contribution >= 0.6 is 11.3 Å². The van der Waals surface area contributed by atoms with Crippen molar-refractivity contribution >= 4 is 22.9 Å². The van der Waals surface area contributed by atoms with Gasteiger partial charge in [0.2, 0.25) is 5.75 Å². The Balaban J connectivity index is 1.83. The number of nitrogens with one attached hydrogen (secondary N) is 1. The van der Waals surface area contributed by atoms with E-state index in [9.17, 15) is 4.79 Å². The number of carbonyl (C=O) groups is 1. The molecule has 1 amide bonds. The molecule has 0 saturated carbocycles. The largest absolute Gasteiger partial charge is 0.493 e. The quantitative estimate of drug-likeness (QED) is 0.807. The van der Waals surface area contributed by atoms with Gasteiger partial charge in [-0.25, -0.2) is 0 Å². The van der Waals surface area contributed by atoms with Crippen LogP contribution in [0.15, 0.2) is 18.2 Å². The molecule has 0 spiro atoms. The second-order valence-corrected chi connectivity index (χ2v) is 7.12. The number of amides is 1. The lowest BCUT2D eigenvalue weighted by atomic mass is 10.1. The summed E-state index contributed by atoms with van der Waals surface area (Å²) in [6, 6.07) is 5.51. The molecule has 0 atom stereocenters. The molecule has 25 heavy (non-hydrogen) atoms. The molecule has 0 aliphatic heterocycles. The Kier molecular flexibility index (Phi) is 5.48. The first-order valence-corrected chi connectivity index (χ1v) is 9.21. The van der Waals surface area contributed by atoms with Crippen molar-refractivity contribution in [1.82, 2.24) is 0 Å². The van der Waals surface area contributed by atoms with Gasteiger partial charge in [0.25, 0.3) is 5.91 Å². The van der Waals surface area contributed by atoms with E-state index in [2.05, 4.69) is 5.32 Å². The van der Waals surface area contributed by atoms with Crippen LogP contribution in [0.3, 0.4) is 0 Å². The Morgan fingerprint density at radius 1 is 0.960 bits per heavy atom. The van der Waals surface area contributed by atoms with E-state index < -0.39 is 0 Å². The number of benzene rings is 1. The molecular weight excluding hydrogens is 338 g/mol. The van der Waals surface area contributed by atoms with Gasteiger partial charge in [-0.1, -0.05) is 6.42 Å². The molecule has 0 fully saturated rings. The number of carbonyl (C=O) groups excluding carboxylic acids is 1. The first-order chi connectivity index (χ1) is 12.2. The third kappa shape index (κ3) is 3.74. The van der Waals surface area contributed by atoms with Crippen molar-refractivity contribution in [2.75, 3.05) is 26.6 Å². The van der Waals surface area contributed by atoms with Gasteiger partial charge in [-0.3, -0.25) is 4.79 Å². The summed E-state index contributed by atoms with van der Waals surface area (Å²) in [6.45, 7) is 0. The Morgan fingerprint density at radius 3 is 2.28 bits per heavy atom. The van der Waals surface area contributed by atoms with E-state index in [1.165, 1.54) is 29.7 Å². The predicted octanol–water partition coefficient (Wildman–Crippen LogP) is 4.30. The smallest absolute Gasteiger partial charge is 0.265 e. The summed E-state index contributed by atoms with van der Waals surface area (Å²) in [4.78, 5) is 14.8. The van der Waals surface area contributed by atoms with Crippen LogP contribution < -0.4 is 19.5 Å². The van der Waals surface area contributed by atoms with Crippen molar-refractivity contribution in [3.05, 3.63) is 33.5 Å². The van der Waals surface area contributed by atoms with Crippen molar-refractivity contribution in [1.29, 1.82) is 0 Å². The Labute approximate surface area is 151 Å². The number of fused-ring (bicyclic) bond motifs is 1. The molecule has 134 valence electrons. The summed E-state index contributed by atoms with van der Waals surface area (Å²) < 4.78 is 16.0. The van der Waals surface area contributed by atoms with Crippen LogP contribution in [0.25, 0.3) is 0 Å². The number of hydrogen-bond acceptors (Lipinski definition) is 5. The highest BCUT2D eigenvalue weighted by atomic mass is 32.1. The highest BCUT2D eigenvalue weighted by Gasteiger charge is 2.18. The first-order valence-electron chi connectivity index (χ1n) is 8.39. The fourth-order valence-corrected chi connectivity index (χ4v) is 4.27. The molecule has 5 nitrogen and oxygen atoms in total. The van der Waals surface area contributed by atoms with Gasteiger partial charge in [0.1, 0.15) is 0 Å². The average molecular weight is 361 g/mol. The van der Waals surface area contributed by atoms with Gasteiger partial charge in [-0.15, -0.1) is 11.3 Å². The molecule has 0 bridgehead atoms. The lowest BCUT2D eigenvalue weighted by Gasteiger charge is -2.14. The topological polar surface area (TPSA) is 56.8 Å². The molecule has 1 aliphatic rings. The summed E-state index contributed by atoms with van der Waals surface area (Å²) in [6.07, 6.45) is 5.84. The fraction of sp³-hybridized carbons (Fsp3) is 0.421. The molecule has 1 aromatic heterocycles. The van der Waals surface area contributed by atoms with Crippen LogP contribution in [0.4, 0.5) is 5.69 Å². The number of aryl methyl sites for hydroxylation is 2. The minimum atomic E-state index is -0.104. The molecule has 1 aromatic carbocycles. The van der Waals surface area contributed by atoms with E-state index in [-0.39, 0.29) is 5.91 Å². The molecule has 0 saturated heterocycles. The number of methoxy groups -OCH3 is 3. The van der Waals surface area contributed by atoms with Crippen LogP contribution in [0, 0.1) is 0 Å². The van der Waals surface area contributed by atoms with E-state index >= 15 is 0 Å². The molecular formula is C19H23NO4S. The van der Waals surface area contributed by atoms with E-state index in [0.29, 0.717) is 22.9 Å². The Bertz CT molecular complexity index is 720. The van der Waals surface area contributed by atoms with Crippen molar-refractivity contribution in [3.8, 4) is 17.2 Å². The van der Waals surface area contributed by atoms with E-state index in [1.807, 2.05) is 6.07 Å². The molecule has 3 rings (SSSR count). The molecule has 2 aromatic rings. The van der Waals surface area contributed by atoms with Crippen LogP contribution in [0.1, 0.15) is 39.4 Å². The van der Waals surface area contributed by atoms with Crippen molar-refractivity contribution < 1.29 is 19.0 Å². The third-order valence-electron chi connectivity index (χ3n) is 4.39. The summed E-state index contributed by atoms with van der Waals surface area (Å²) in [5.41, 5.74) is 1.95. The van der Waals surface area contributed by atoms with Crippen molar-refractivity contribution in [2.24, 2.45) is 0 Å². The minimum Gasteiger partial charge on any atom is -0.493 e. The zero-order valence-corrected chi connectivity index (χ0v) is 15.6. The van der Waals surface area contributed by atoms with Crippen molar-refractivity contribution in [2.45, 2.75) is 32.1 Å². The van der Waals surface area contributed by atoms with E-state index in [0.717, 1.165) is 17.7 Å². The van der Waals surface area contributed by atoms with Gasteiger partial charge in [-0.2, -0.15) is 0 Å². The SMILES string of the molecule is COc1cc(NC(=O)c2cc3c(s2)CCCCC3)cc(OC)c1OC. The molecule has 0 unspecified atom stereocenters. The number of ether oxygens (including phenoxy) is 3. The van der Waals surface area contributed by atoms with Crippen LogP contribution in [-0.2, 0) is 12.8 Å². The first kappa shape index (κ1) is 17.6. The number of anilines is 1. The van der Waals surface area contributed by atoms with Gasteiger partial charge in [0.15, 0.2) is 11.5 Å². The average Bonchev–Trinajstić information content (AvgIpc) is 2.91. The predicted molar refractivity (Wildman–Crippen MR) is 99.6 cm³/mol. The monoisotopic (exact) mass is 361 g/mol. The highest BCUT2D eigenvalue weighted by molar-refractivity contribution is 7.14. The van der Waals surface area contributed by atoms with Crippen LogP contribution in [0.2, 0.25) is 0 Å². The van der Waals surface area contributed by atoms with E-state index in [4.69, 9.17) is 14.2 Å². The molecule has 0 radical (unpaired) electrons. The molecule has 1 heterocycles. The Morgan fingerprint density at radius 2 is 1.64 bits per heavy atom. The summed E-state index contributed by atoms with van der Waals surface area (Å²) >= 11 is 1.60. The summed E-state index contributed by atoms with van der Waals surface area (Å²) in [7, 11) is 4.66. The van der Waals surface area contributed by atoms with Gasteiger partial charge >= 0.3 is 0 Å². The number of hydrogen-bond donors (Lipinski definition) is 1. The third-order valence-corrected chi connectivity index (χ3v) is 5.63. The van der Waals surface area contributed by atoms with Crippen LogP contribution in [0.5, 0.6) is 17.2 Å². The maximum atomic E-state index is 12.7. The molecule has 6 heteroatoms. The van der Waals surface area contributed by atoms with Gasteiger partial charge < -0.3 is 19.5 Å². The second kappa shape index (κ2) is 7.78. The van der Waals surface area contributed by atoms with Gasteiger partial charge in [-0.05, 0) is 37.3 Å². The number of thiophene rings is 1. The van der Waals surface area contributed by atoms with Gasteiger partial charge in [0, 0.05) is 22.7 Å². The fourth-order valence-electron chi connectivity index (χ4n) is 3.13. The van der Waals surface area contributed by atoms with E-state index in [1.54, 1.807) is 44.8 Å². The standard InChI is InChI=1S/C19H23NO4S/c1-22-14-10-13(11-15(23-2)18(14)24-3)20-19(21)17-9-12-7-5-4-6-8-16(12)25-17/h9-11H,4-8H2,1-3H3,(H,20,21). The minimum absolute atomic E-state index is 0.104. The zero-order valence-electron chi connectivity index (χ0n) is 14.8. The van der Waals surface area contributed by atoms with Crippen molar-refractivity contribution in [3.63, 3.8) is 0 Å². The summed E-state index contributed by atoms with van der Waals surface area (Å²) in [5.74, 6) is 1.43. The second-order valence-electron chi connectivity index (χ2n) is 5.99. The molecule has 1 N–H and O–H groups in total.